The molecule has 88 valence electrons. The molecular weight excluding hydrogens is 214 g/mol. The van der Waals surface area contributed by atoms with Gasteiger partial charge in [-0.3, -0.25) is 10.1 Å². The van der Waals surface area contributed by atoms with Crippen LogP contribution in [0.15, 0.2) is 0 Å². The molecule has 0 radical (unpaired) electrons. The number of carbonyl (C=O) groups excluding carboxylic acids is 1. The molecule has 0 aliphatic carbocycles. The molecular formula is C11H20ClNO2. The molecule has 3 nitrogen and oxygen atoms in total. The maximum atomic E-state index is 12.2. The molecule has 0 amide bonds. The second-order valence-corrected chi connectivity index (χ2v) is 5.62. The SMILES string of the molecule is COC1NCCC(Cl)C1C(=O)C(C)(C)C. The monoisotopic (exact) mass is 233 g/mol. The number of Topliss-reactive ketones (excluding diaryl/α,β-unsaturated/α-hetero) is 1. The van der Waals surface area contributed by atoms with Gasteiger partial charge in [0.1, 0.15) is 12.0 Å². The van der Waals surface area contributed by atoms with Crippen LogP contribution in [0.25, 0.3) is 0 Å². The van der Waals surface area contributed by atoms with Gasteiger partial charge in [0.25, 0.3) is 0 Å². The number of rotatable bonds is 2. The van der Waals surface area contributed by atoms with Crippen molar-refractivity contribution in [1.29, 1.82) is 0 Å². The third kappa shape index (κ3) is 2.92. The average molecular weight is 234 g/mol. The van der Waals surface area contributed by atoms with Crippen molar-refractivity contribution in [1.82, 2.24) is 5.32 Å². The van der Waals surface area contributed by atoms with E-state index in [4.69, 9.17) is 16.3 Å². The molecule has 4 heteroatoms. The molecule has 0 saturated carbocycles. The summed E-state index contributed by atoms with van der Waals surface area (Å²) in [7, 11) is 1.61. The van der Waals surface area contributed by atoms with E-state index in [2.05, 4.69) is 5.32 Å². The van der Waals surface area contributed by atoms with Crippen LogP contribution >= 0.6 is 11.6 Å². The predicted molar refractivity (Wildman–Crippen MR) is 61.0 cm³/mol. The van der Waals surface area contributed by atoms with Crippen LogP contribution in [0.1, 0.15) is 27.2 Å². The highest BCUT2D eigenvalue weighted by Crippen LogP contribution is 2.30. The van der Waals surface area contributed by atoms with Crippen molar-refractivity contribution in [3.8, 4) is 0 Å². The second kappa shape index (κ2) is 4.81. The van der Waals surface area contributed by atoms with Gasteiger partial charge < -0.3 is 4.74 Å². The summed E-state index contributed by atoms with van der Waals surface area (Å²) in [6, 6.07) is 0. The molecule has 15 heavy (non-hydrogen) atoms. The van der Waals surface area contributed by atoms with Crippen molar-refractivity contribution in [2.75, 3.05) is 13.7 Å². The number of nitrogens with one attached hydrogen (secondary N) is 1. The number of carbonyl (C=O) groups is 1. The molecule has 0 aromatic carbocycles. The third-order valence-corrected chi connectivity index (χ3v) is 3.27. The fourth-order valence-electron chi connectivity index (χ4n) is 1.89. The number of halogens is 1. The average Bonchev–Trinajstić information content (AvgIpc) is 2.15. The van der Waals surface area contributed by atoms with Crippen LogP contribution in [0.4, 0.5) is 0 Å². The van der Waals surface area contributed by atoms with E-state index in [-0.39, 0.29) is 28.7 Å². The molecule has 0 aromatic heterocycles. The first-order valence-electron chi connectivity index (χ1n) is 5.32. The topological polar surface area (TPSA) is 38.3 Å². The van der Waals surface area contributed by atoms with Crippen LogP contribution in [0.5, 0.6) is 0 Å². The Bertz CT molecular complexity index is 237. The summed E-state index contributed by atoms with van der Waals surface area (Å²) in [4.78, 5) is 12.2. The van der Waals surface area contributed by atoms with E-state index < -0.39 is 0 Å². The Morgan fingerprint density at radius 2 is 2.07 bits per heavy atom. The van der Waals surface area contributed by atoms with Gasteiger partial charge in [0.2, 0.25) is 0 Å². The van der Waals surface area contributed by atoms with E-state index in [0.717, 1.165) is 13.0 Å². The number of hydrogen-bond donors (Lipinski definition) is 1. The molecule has 0 aromatic rings. The highest BCUT2D eigenvalue weighted by molar-refractivity contribution is 6.22. The third-order valence-electron chi connectivity index (χ3n) is 2.78. The van der Waals surface area contributed by atoms with E-state index in [1.54, 1.807) is 7.11 Å². The molecule has 3 unspecified atom stereocenters. The Morgan fingerprint density at radius 3 is 2.53 bits per heavy atom. The van der Waals surface area contributed by atoms with Crippen LogP contribution in [-0.4, -0.2) is 31.0 Å². The number of piperidine rings is 1. The van der Waals surface area contributed by atoms with E-state index in [9.17, 15) is 4.79 Å². The summed E-state index contributed by atoms with van der Waals surface area (Å²) in [5, 5.41) is 3.05. The molecule has 1 aliphatic rings. The van der Waals surface area contributed by atoms with Gasteiger partial charge in [0, 0.05) is 17.9 Å². The fourth-order valence-corrected chi connectivity index (χ4v) is 2.25. The van der Waals surface area contributed by atoms with Gasteiger partial charge in [-0.15, -0.1) is 11.6 Å². The van der Waals surface area contributed by atoms with Gasteiger partial charge in [0.05, 0.1) is 5.92 Å². The van der Waals surface area contributed by atoms with Gasteiger partial charge in [0.15, 0.2) is 0 Å². The Hall–Kier alpha value is -0.120. The van der Waals surface area contributed by atoms with E-state index in [1.165, 1.54) is 0 Å². The minimum atomic E-state index is -0.367. The lowest BCUT2D eigenvalue weighted by Gasteiger charge is -2.37. The van der Waals surface area contributed by atoms with Crippen LogP contribution in [0.3, 0.4) is 0 Å². The van der Waals surface area contributed by atoms with Gasteiger partial charge >= 0.3 is 0 Å². The molecule has 0 spiro atoms. The lowest BCUT2D eigenvalue weighted by atomic mass is 9.79. The van der Waals surface area contributed by atoms with Gasteiger partial charge in [-0.2, -0.15) is 0 Å². The fraction of sp³-hybridized carbons (Fsp3) is 0.909. The molecule has 1 aliphatic heterocycles. The van der Waals surface area contributed by atoms with Gasteiger partial charge in [-0.25, -0.2) is 0 Å². The summed E-state index contributed by atoms with van der Waals surface area (Å²) in [6.45, 7) is 6.56. The standard InChI is InChI=1S/C11H20ClNO2/c1-11(2,3)9(14)8-7(12)5-6-13-10(8)15-4/h7-8,10,13H,5-6H2,1-4H3. The van der Waals surface area contributed by atoms with Crippen LogP contribution in [0, 0.1) is 11.3 Å². The molecule has 1 saturated heterocycles. The van der Waals surface area contributed by atoms with E-state index in [0.29, 0.717) is 0 Å². The summed E-state index contributed by atoms with van der Waals surface area (Å²) in [6.07, 6.45) is 0.571. The smallest absolute Gasteiger partial charge is 0.146 e. The largest absolute Gasteiger partial charge is 0.366 e. The first-order valence-corrected chi connectivity index (χ1v) is 5.76. The number of ether oxygens (including phenoxy) is 1. The quantitative estimate of drug-likeness (QED) is 0.740. The molecule has 0 bridgehead atoms. The zero-order chi connectivity index (χ0) is 11.6. The zero-order valence-corrected chi connectivity index (χ0v) is 10.6. The summed E-state index contributed by atoms with van der Waals surface area (Å²) >= 11 is 6.22. The zero-order valence-electron chi connectivity index (χ0n) is 9.84. The summed E-state index contributed by atoms with van der Waals surface area (Å²) in [5.41, 5.74) is -0.367. The van der Waals surface area contributed by atoms with Gasteiger partial charge in [-0.05, 0) is 13.0 Å². The van der Waals surface area contributed by atoms with E-state index in [1.807, 2.05) is 20.8 Å². The van der Waals surface area contributed by atoms with Crippen LogP contribution in [-0.2, 0) is 9.53 Å². The lowest BCUT2D eigenvalue weighted by molar-refractivity contribution is -0.137. The number of alkyl halides is 1. The predicted octanol–water partition coefficient (Wildman–Crippen LogP) is 1.79. The van der Waals surface area contributed by atoms with E-state index >= 15 is 0 Å². The molecule has 1 rings (SSSR count). The highest BCUT2D eigenvalue weighted by atomic mass is 35.5. The first kappa shape index (κ1) is 12.9. The van der Waals surface area contributed by atoms with Crippen molar-refractivity contribution in [3.63, 3.8) is 0 Å². The summed E-state index contributed by atoms with van der Waals surface area (Å²) < 4.78 is 5.27. The number of ketones is 1. The van der Waals surface area contributed by atoms with Crippen molar-refractivity contribution in [2.45, 2.75) is 38.8 Å². The molecule has 3 atom stereocenters. The Labute approximate surface area is 96.5 Å². The van der Waals surface area contributed by atoms with Crippen molar-refractivity contribution in [2.24, 2.45) is 11.3 Å². The minimum absolute atomic E-state index is 0.122. The number of methoxy groups -OCH3 is 1. The normalized spacial score (nSPS) is 32.7. The Morgan fingerprint density at radius 1 is 1.47 bits per heavy atom. The molecule has 1 fully saturated rings. The van der Waals surface area contributed by atoms with Crippen LogP contribution < -0.4 is 5.32 Å². The maximum Gasteiger partial charge on any atom is 0.146 e. The second-order valence-electron chi connectivity index (χ2n) is 5.06. The van der Waals surface area contributed by atoms with Crippen LogP contribution in [0.2, 0.25) is 0 Å². The minimum Gasteiger partial charge on any atom is -0.366 e. The Balaban J connectivity index is 2.83. The molecule has 1 heterocycles. The Kier molecular flexibility index (Phi) is 4.15. The lowest BCUT2D eigenvalue weighted by Crippen LogP contribution is -2.53. The van der Waals surface area contributed by atoms with Crippen molar-refractivity contribution >= 4 is 17.4 Å². The molecule has 1 N–H and O–H groups in total. The van der Waals surface area contributed by atoms with Crippen molar-refractivity contribution < 1.29 is 9.53 Å². The van der Waals surface area contributed by atoms with Gasteiger partial charge in [-0.1, -0.05) is 20.8 Å². The highest BCUT2D eigenvalue weighted by Gasteiger charge is 2.41. The number of hydrogen-bond acceptors (Lipinski definition) is 3. The summed E-state index contributed by atoms with van der Waals surface area (Å²) in [5.74, 6) is -0.0769. The maximum absolute atomic E-state index is 12.2. The van der Waals surface area contributed by atoms with Crippen molar-refractivity contribution in [3.05, 3.63) is 0 Å². The first-order chi connectivity index (χ1) is 6.88.